The number of benzene rings is 1. The molecule has 2 unspecified atom stereocenters. The Bertz CT molecular complexity index is 879. The first-order chi connectivity index (χ1) is 13.7. The van der Waals surface area contributed by atoms with Gasteiger partial charge in [-0.25, -0.2) is 0 Å². The minimum Gasteiger partial charge on any atom is -0.493 e. The molecule has 1 saturated carbocycles. The monoisotopic (exact) mass is 400 g/mol. The standard InChI is InChI=1S/C23H29ClN2O2/c1-27-19-13-17-18(14-20(19)28-11-5-10-26-8-2-3-9-26)25-23-16-7-4-6-15(12-16)21(23)22(17)24/h13-16H,2-12H2,1H3. The van der Waals surface area contributed by atoms with Crippen LogP contribution < -0.4 is 9.47 Å². The zero-order valence-electron chi connectivity index (χ0n) is 16.7. The normalized spacial score (nSPS) is 23.9. The molecule has 2 atom stereocenters. The van der Waals surface area contributed by atoms with E-state index in [1.54, 1.807) is 7.11 Å². The summed E-state index contributed by atoms with van der Waals surface area (Å²) in [5.41, 5.74) is 3.48. The Labute approximate surface area is 172 Å². The van der Waals surface area contributed by atoms with E-state index >= 15 is 0 Å². The van der Waals surface area contributed by atoms with Crippen molar-refractivity contribution in [3.05, 3.63) is 28.4 Å². The van der Waals surface area contributed by atoms with Gasteiger partial charge in [0.1, 0.15) is 0 Å². The maximum atomic E-state index is 6.89. The Morgan fingerprint density at radius 2 is 1.93 bits per heavy atom. The van der Waals surface area contributed by atoms with Crippen molar-refractivity contribution in [2.45, 2.75) is 56.8 Å². The topological polar surface area (TPSA) is 34.6 Å². The lowest BCUT2D eigenvalue weighted by molar-refractivity contribution is 0.254. The number of fused-ring (bicyclic) bond motifs is 6. The molecule has 1 aromatic heterocycles. The van der Waals surface area contributed by atoms with Gasteiger partial charge in [0.15, 0.2) is 11.5 Å². The van der Waals surface area contributed by atoms with Crippen LogP contribution in [0.4, 0.5) is 0 Å². The van der Waals surface area contributed by atoms with Gasteiger partial charge >= 0.3 is 0 Å². The minimum atomic E-state index is 0.586. The second-order valence-electron chi connectivity index (χ2n) is 8.56. The summed E-state index contributed by atoms with van der Waals surface area (Å²) in [5, 5.41) is 1.88. The smallest absolute Gasteiger partial charge is 0.163 e. The van der Waals surface area contributed by atoms with Gasteiger partial charge in [0.2, 0.25) is 0 Å². The molecular weight excluding hydrogens is 372 g/mol. The van der Waals surface area contributed by atoms with E-state index in [-0.39, 0.29) is 0 Å². The van der Waals surface area contributed by atoms with Crippen molar-refractivity contribution >= 4 is 22.5 Å². The van der Waals surface area contributed by atoms with Crippen molar-refractivity contribution in [2.75, 3.05) is 33.4 Å². The number of ether oxygens (including phenoxy) is 2. The molecule has 150 valence electrons. The summed E-state index contributed by atoms with van der Waals surface area (Å²) >= 11 is 6.89. The summed E-state index contributed by atoms with van der Waals surface area (Å²) in [6.45, 7) is 4.27. The largest absolute Gasteiger partial charge is 0.493 e. The van der Waals surface area contributed by atoms with Crippen LogP contribution >= 0.6 is 11.6 Å². The zero-order valence-corrected chi connectivity index (χ0v) is 17.4. The molecule has 2 bridgehead atoms. The molecule has 0 amide bonds. The molecule has 1 saturated heterocycles. The van der Waals surface area contributed by atoms with Crippen LogP contribution in [-0.4, -0.2) is 43.2 Å². The Kier molecular flexibility index (Phi) is 5.10. The highest BCUT2D eigenvalue weighted by Crippen LogP contribution is 2.53. The molecule has 2 heterocycles. The summed E-state index contributed by atoms with van der Waals surface area (Å²) < 4.78 is 11.7. The summed E-state index contributed by atoms with van der Waals surface area (Å²) in [7, 11) is 1.69. The van der Waals surface area contributed by atoms with Crippen molar-refractivity contribution in [1.82, 2.24) is 9.88 Å². The number of nitrogens with zero attached hydrogens (tertiary/aromatic N) is 2. The van der Waals surface area contributed by atoms with Crippen molar-refractivity contribution < 1.29 is 9.47 Å². The lowest BCUT2D eigenvalue weighted by atomic mass is 9.87. The third kappa shape index (κ3) is 3.25. The highest BCUT2D eigenvalue weighted by atomic mass is 35.5. The maximum absolute atomic E-state index is 6.89. The van der Waals surface area contributed by atoms with Crippen LogP contribution in [0.15, 0.2) is 12.1 Å². The molecule has 0 N–H and O–H groups in total. The Hall–Kier alpha value is -1.52. The van der Waals surface area contributed by atoms with Crippen LogP contribution in [0.1, 0.15) is 68.0 Å². The van der Waals surface area contributed by atoms with Gasteiger partial charge in [0, 0.05) is 29.6 Å². The maximum Gasteiger partial charge on any atom is 0.163 e. The number of hydrogen-bond donors (Lipinski definition) is 0. The van der Waals surface area contributed by atoms with Crippen LogP contribution in [0.5, 0.6) is 11.5 Å². The third-order valence-electron chi connectivity index (χ3n) is 6.82. The van der Waals surface area contributed by atoms with E-state index in [1.165, 1.54) is 62.9 Å². The van der Waals surface area contributed by atoms with E-state index < -0.39 is 0 Å². The molecule has 2 aliphatic carbocycles. The van der Waals surface area contributed by atoms with Crippen LogP contribution in [-0.2, 0) is 0 Å². The minimum absolute atomic E-state index is 0.586. The molecule has 5 rings (SSSR count). The predicted molar refractivity (Wildman–Crippen MR) is 113 cm³/mol. The van der Waals surface area contributed by atoms with Gasteiger partial charge in [0.05, 0.1) is 24.3 Å². The van der Waals surface area contributed by atoms with Crippen LogP contribution in [0.25, 0.3) is 10.9 Å². The second kappa shape index (κ2) is 7.72. The number of halogens is 1. The number of likely N-dealkylation sites (tertiary alicyclic amines) is 1. The van der Waals surface area contributed by atoms with Crippen LogP contribution in [0, 0.1) is 0 Å². The van der Waals surface area contributed by atoms with Crippen molar-refractivity contribution in [1.29, 1.82) is 0 Å². The molecule has 3 aliphatic rings. The fourth-order valence-electron chi connectivity index (χ4n) is 5.41. The van der Waals surface area contributed by atoms with E-state index in [4.69, 9.17) is 26.1 Å². The predicted octanol–water partition coefficient (Wildman–Crippen LogP) is 5.52. The van der Waals surface area contributed by atoms with Gasteiger partial charge in [0.25, 0.3) is 0 Å². The van der Waals surface area contributed by atoms with E-state index in [1.807, 2.05) is 12.1 Å². The molecule has 28 heavy (non-hydrogen) atoms. The number of rotatable bonds is 6. The lowest BCUT2D eigenvalue weighted by Crippen LogP contribution is -2.21. The van der Waals surface area contributed by atoms with Gasteiger partial charge in [-0.05, 0) is 69.2 Å². The zero-order chi connectivity index (χ0) is 19.1. The fraction of sp³-hybridized carbons (Fsp3) is 0.609. The summed E-state index contributed by atoms with van der Waals surface area (Å²) in [5.74, 6) is 2.70. The van der Waals surface area contributed by atoms with Gasteiger partial charge in [-0.15, -0.1) is 0 Å². The fourth-order valence-corrected chi connectivity index (χ4v) is 5.82. The highest BCUT2D eigenvalue weighted by molar-refractivity contribution is 6.36. The molecule has 0 radical (unpaired) electrons. The number of aromatic nitrogens is 1. The molecule has 2 fully saturated rings. The first-order valence-electron chi connectivity index (χ1n) is 10.8. The number of pyridine rings is 1. The number of hydrogen-bond acceptors (Lipinski definition) is 4. The molecule has 1 aromatic carbocycles. The number of methoxy groups -OCH3 is 1. The van der Waals surface area contributed by atoms with E-state index in [0.29, 0.717) is 18.4 Å². The Balaban J connectivity index is 1.40. The first-order valence-corrected chi connectivity index (χ1v) is 11.2. The van der Waals surface area contributed by atoms with Gasteiger partial charge in [-0.1, -0.05) is 18.0 Å². The summed E-state index contributed by atoms with van der Waals surface area (Å²) in [6, 6.07) is 4.04. The summed E-state index contributed by atoms with van der Waals surface area (Å²) in [6.07, 6.45) is 8.68. The Morgan fingerprint density at radius 1 is 1.11 bits per heavy atom. The Morgan fingerprint density at radius 3 is 2.75 bits per heavy atom. The molecule has 1 aliphatic heterocycles. The van der Waals surface area contributed by atoms with Gasteiger partial charge in [-0.3, -0.25) is 4.98 Å². The average Bonchev–Trinajstić information content (AvgIpc) is 3.31. The summed E-state index contributed by atoms with van der Waals surface area (Å²) in [4.78, 5) is 7.58. The first kappa shape index (κ1) is 18.5. The lowest BCUT2D eigenvalue weighted by Gasteiger charge is -2.17. The van der Waals surface area contributed by atoms with E-state index in [0.717, 1.165) is 40.4 Å². The molecule has 0 spiro atoms. The quantitative estimate of drug-likeness (QED) is 0.598. The average molecular weight is 401 g/mol. The van der Waals surface area contributed by atoms with E-state index in [9.17, 15) is 0 Å². The van der Waals surface area contributed by atoms with Crippen molar-refractivity contribution in [2.24, 2.45) is 0 Å². The van der Waals surface area contributed by atoms with Gasteiger partial charge < -0.3 is 14.4 Å². The SMILES string of the molecule is COc1cc2c(Cl)c3c(nc2cc1OCCCN1CCCC1)C1CCCC3C1. The highest BCUT2D eigenvalue weighted by Gasteiger charge is 2.37. The third-order valence-corrected chi connectivity index (χ3v) is 7.22. The molecule has 2 aromatic rings. The van der Waals surface area contributed by atoms with Crippen molar-refractivity contribution in [3.63, 3.8) is 0 Å². The molecule has 5 heteroatoms. The second-order valence-corrected chi connectivity index (χ2v) is 8.93. The van der Waals surface area contributed by atoms with E-state index in [2.05, 4.69) is 4.90 Å². The van der Waals surface area contributed by atoms with Crippen LogP contribution in [0.2, 0.25) is 5.02 Å². The molecular formula is C23H29ClN2O2. The van der Waals surface area contributed by atoms with Crippen molar-refractivity contribution in [3.8, 4) is 11.5 Å². The van der Waals surface area contributed by atoms with Crippen LogP contribution in [0.3, 0.4) is 0 Å². The molecule has 4 nitrogen and oxygen atoms in total. The van der Waals surface area contributed by atoms with Gasteiger partial charge in [-0.2, -0.15) is 0 Å².